The van der Waals surface area contributed by atoms with Crippen molar-refractivity contribution in [1.82, 2.24) is 9.78 Å². The lowest BCUT2D eigenvalue weighted by atomic mass is 9.92. The third-order valence-electron chi connectivity index (χ3n) is 3.40. The van der Waals surface area contributed by atoms with Crippen LogP contribution in [-0.4, -0.2) is 15.6 Å². The second-order valence-electron chi connectivity index (χ2n) is 5.27. The van der Waals surface area contributed by atoms with Crippen LogP contribution in [0.15, 0.2) is 12.3 Å². The first kappa shape index (κ1) is 14.9. The van der Waals surface area contributed by atoms with Crippen molar-refractivity contribution in [2.75, 3.05) is 0 Å². The van der Waals surface area contributed by atoms with E-state index in [0.717, 1.165) is 31.4 Å². The van der Waals surface area contributed by atoms with Crippen LogP contribution in [0.2, 0.25) is 0 Å². The molecule has 3 nitrogen and oxygen atoms in total. The van der Waals surface area contributed by atoms with Crippen LogP contribution in [0, 0.1) is 5.92 Å². The summed E-state index contributed by atoms with van der Waals surface area (Å²) in [6, 6.07) is 2.32. The summed E-state index contributed by atoms with van der Waals surface area (Å²) in [5, 5.41) is 4.44. The average molecular weight is 250 g/mol. The highest BCUT2D eigenvalue weighted by Crippen LogP contribution is 2.16. The van der Waals surface area contributed by atoms with Gasteiger partial charge in [0.1, 0.15) is 5.78 Å². The molecule has 1 aromatic rings. The SMILES string of the molecule is CCCCC(CC)C(=O)Cc1ccn(C(C)C)n1. The maximum atomic E-state index is 12.2. The number of unbranched alkanes of at least 4 members (excludes halogenated alkanes) is 1. The Morgan fingerprint density at radius 2 is 2.11 bits per heavy atom. The summed E-state index contributed by atoms with van der Waals surface area (Å²) >= 11 is 0. The zero-order valence-corrected chi connectivity index (χ0v) is 12.1. The molecule has 1 rings (SSSR count). The smallest absolute Gasteiger partial charge is 0.141 e. The fourth-order valence-corrected chi connectivity index (χ4v) is 2.13. The molecular weight excluding hydrogens is 224 g/mol. The second kappa shape index (κ2) is 7.34. The molecule has 0 fully saturated rings. The Hall–Kier alpha value is -1.12. The first-order chi connectivity index (χ1) is 8.58. The molecule has 0 aliphatic rings. The molecule has 0 N–H and O–H groups in total. The molecule has 0 bridgehead atoms. The first-order valence-corrected chi connectivity index (χ1v) is 7.15. The van der Waals surface area contributed by atoms with Crippen molar-refractivity contribution in [2.45, 2.75) is 65.8 Å². The standard InChI is InChI=1S/C15H26N2O/c1-5-7-8-13(6-2)15(18)11-14-9-10-17(16-14)12(3)4/h9-10,12-13H,5-8,11H2,1-4H3. The summed E-state index contributed by atoms with van der Waals surface area (Å²) in [5.74, 6) is 0.564. The Labute approximate surface area is 111 Å². The third kappa shape index (κ3) is 4.28. The first-order valence-electron chi connectivity index (χ1n) is 7.15. The Balaban J connectivity index is 2.56. The van der Waals surface area contributed by atoms with Gasteiger partial charge >= 0.3 is 0 Å². The molecule has 1 atom stereocenters. The van der Waals surface area contributed by atoms with Gasteiger partial charge in [-0.3, -0.25) is 9.48 Å². The van der Waals surface area contributed by atoms with Crippen LogP contribution in [0.1, 0.15) is 65.1 Å². The van der Waals surface area contributed by atoms with Crippen LogP contribution < -0.4 is 0 Å². The van der Waals surface area contributed by atoms with Crippen molar-refractivity contribution in [2.24, 2.45) is 5.92 Å². The van der Waals surface area contributed by atoms with Crippen LogP contribution in [0.3, 0.4) is 0 Å². The van der Waals surface area contributed by atoms with E-state index in [1.807, 2.05) is 16.9 Å². The summed E-state index contributed by atoms with van der Waals surface area (Å²) in [6.07, 6.45) is 6.72. The van der Waals surface area contributed by atoms with E-state index in [4.69, 9.17) is 0 Å². The van der Waals surface area contributed by atoms with Crippen molar-refractivity contribution >= 4 is 5.78 Å². The van der Waals surface area contributed by atoms with Crippen LogP contribution >= 0.6 is 0 Å². The van der Waals surface area contributed by atoms with Crippen LogP contribution in [-0.2, 0) is 11.2 Å². The van der Waals surface area contributed by atoms with E-state index in [1.54, 1.807) is 0 Å². The van der Waals surface area contributed by atoms with Crippen LogP contribution in [0.5, 0.6) is 0 Å². The average Bonchev–Trinajstić information content (AvgIpc) is 2.78. The topological polar surface area (TPSA) is 34.9 Å². The fraction of sp³-hybridized carbons (Fsp3) is 0.733. The van der Waals surface area contributed by atoms with E-state index < -0.39 is 0 Å². The van der Waals surface area contributed by atoms with Crippen molar-refractivity contribution in [1.29, 1.82) is 0 Å². The fourth-order valence-electron chi connectivity index (χ4n) is 2.13. The largest absolute Gasteiger partial charge is 0.299 e. The van der Waals surface area contributed by atoms with E-state index in [2.05, 4.69) is 32.8 Å². The van der Waals surface area contributed by atoms with Crippen molar-refractivity contribution in [3.05, 3.63) is 18.0 Å². The number of aromatic nitrogens is 2. The number of nitrogens with zero attached hydrogens (tertiary/aromatic N) is 2. The molecule has 1 aromatic heterocycles. The van der Waals surface area contributed by atoms with E-state index in [-0.39, 0.29) is 5.92 Å². The van der Waals surface area contributed by atoms with Gasteiger partial charge in [0.15, 0.2) is 0 Å². The number of rotatable bonds is 8. The van der Waals surface area contributed by atoms with Gasteiger partial charge in [-0.1, -0.05) is 26.7 Å². The van der Waals surface area contributed by atoms with E-state index in [1.165, 1.54) is 0 Å². The van der Waals surface area contributed by atoms with Crippen molar-refractivity contribution in [3.8, 4) is 0 Å². The molecule has 0 saturated heterocycles. The second-order valence-corrected chi connectivity index (χ2v) is 5.27. The van der Waals surface area contributed by atoms with Crippen molar-refractivity contribution in [3.63, 3.8) is 0 Å². The van der Waals surface area contributed by atoms with Crippen LogP contribution in [0.4, 0.5) is 0 Å². The molecule has 0 spiro atoms. The number of hydrogen-bond donors (Lipinski definition) is 0. The molecule has 0 aromatic carbocycles. The molecule has 1 unspecified atom stereocenters. The lowest BCUT2D eigenvalue weighted by Gasteiger charge is -2.12. The maximum absolute atomic E-state index is 12.2. The molecule has 3 heteroatoms. The zero-order valence-electron chi connectivity index (χ0n) is 12.1. The van der Waals surface area contributed by atoms with Gasteiger partial charge in [0, 0.05) is 18.2 Å². The summed E-state index contributed by atoms with van der Waals surface area (Å²) in [6.45, 7) is 8.45. The van der Waals surface area contributed by atoms with Gasteiger partial charge in [0.2, 0.25) is 0 Å². The molecule has 102 valence electrons. The monoisotopic (exact) mass is 250 g/mol. The Morgan fingerprint density at radius 3 is 2.61 bits per heavy atom. The molecule has 0 amide bonds. The summed E-state index contributed by atoms with van der Waals surface area (Å²) in [4.78, 5) is 12.2. The predicted molar refractivity (Wildman–Crippen MR) is 74.6 cm³/mol. The maximum Gasteiger partial charge on any atom is 0.141 e. The molecule has 0 radical (unpaired) electrons. The predicted octanol–water partition coefficient (Wildman–Crippen LogP) is 3.79. The number of carbonyl (C=O) groups is 1. The van der Waals surface area contributed by atoms with Crippen molar-refractivity contribution < 1.29 is 4.79 Å². The lowest BCUT2D eigenvalue weighted by Crippen LogP contribution is -2.16. The minimum absolute atomic E-state index is 0.217. The molecule has 18 heavy (non-hydrogen) atoms. The number of carbonyl (C=O) groups excluding carboxylic acids is 1. The van der Waals surface area contributed by atoms with Gasteiger partial charge < -0.3 is 0 Å². The van der Waals surface area contributed by atoms with Gasteiger partial charge in [0.25, 0.3) is 0 Å². The number of Topliss-reactive ketones (excluding diaryl/α,β-unsaturated/α-hetero) is 1. The highest BCUT2D eigenvalue weighted by Gasteiger charge is 2.17. The normalized spacial score (nSPS) is 12.9. The third-order valence-corrected chi connectivity index (χ3v) is 3.40. The highest BCUT2D eigenvalue weighted by molar-refractivity contribution is 5.82. The van der Waals surface area contributed by atoms with Crippen LogP contribution in [0.25, 0.3) is 0 Å². The Bertz CT molecular complexity index is 368. The van der Waals surface area contributed by atoms with Gasteiger partial charge in [-0.2, -0.15) is 5.10 Å². The minimum atomic E-state index is 0.217. The summed E-state index contributed by atoms with van der Waals surface area (Å²) in [5.41, 5.74) is 0.906. The molecule has 0 aliphatic heterocycles. The van der Waals surface area contributed by atoms with Gasteiger partial charge in [-0.25, -0.2) is 0 Å². The Morgan fingerprint density at radius 1 is 1.39 bits per heavy atom. The summed E-state index contributed by atoms with van der Waals surface area (Å²) in [7, 11) is 0. The zero-order chi connectivity index (χ0) is 13.5. The van der Waals surface area contributed by atoms with Gasteiger partial charge in [0.05, 0.1) is 12.1 Å². The number of ketones is 1. The lowest BCUT2D eigenvalue weighted by molar-refractivity contribution is -0.122. The van der Waals surface area contributed by atoms with Gasteiger partial charge in [-0.15, -0.1) is 0 Å². The van der Waals surface area contributed by atoms with E-state index in [0.29, 0.717) is 18.2 Å². The van der Waals surface area contributed by atoms with E-state index >= 15 is 0 Å². The molecule has 0 aliphatic carbocycles. The molecular formula is C15H26N2O. The van der Waals surface area contributed by atoms with Gasteiger partial charge in [-0.05, 0) is 32.8 Å². The number of hydrogen-bond acceptors (Lipinski definition) is 2. The Kier molecular flexibility index (Phi) is 6.10. The quantitative estimate of drug-likeness (QED) is 0.703. The molecule has 0 saturated carbocycles. The minimum Gasteiger partial charge on any atom is -0.299 e. The summed E-state index contributed by atoms with van der Waals surface area (Å²) < 4.78 is 1.91. The molecule has 1 heterocycles. The highest BCUT2D eigenvalue weighted by atomic mass is 16.1. The van der Waals surface area contributed by atoms with E-state index in [9.17, 15) is 4.79 Å².